The van der Waals surface area contributed by atoms with E-state index in [1.165, 1.54) is 0 Å². The highest BCUT2D eigenvalue weighted by atomic mass is 16.5. The van der Waals surface area contributed by atoms with Gasteiger partial charge in [-0.2, -0.15) is 0 Å². The summed E-state index contributed by atoms with van der Waals surface area (Å²) in [6.45, 7) is 0. The van der Waals surface area contributed by atoms with E-state index in [9.17, 15) is 14.8 Å². The van der Waals surface area contributed by atoms with Crippen LogP contribution in [0.4, 0.5) is 0 Å². The van der Waals surface area contributed by atoms with E-state index in [0.29, 0.717) is 11.1 Å². The van der Waals surface area contributed by atoms with Crippen LogP contribution in [0.5, 0.6) is 0 Å². The zero-order valence-electron chi connectivity index (χ0n) is 14.4. The van der Waals surface area contributed by atoms with Crippen LogP contribution >= 0.6 is 0 Å². The predicted octanol–water partition coefficient (Wildman–Crippen LogP) is 3.33. The fourth-order valence-electron chi connectivity index (χ4n) is 3.84. The van der Waals surface area contributed by atoms with Gasteiger partial charge in [-0.05, 0) is 12.1 Å². The first kappa shape index (κ1) is 15.6. The van der Waals surface area contributed by atoms with E-state index < -0.39 is 11.8 Å². The summed E-state index contributed by atoms with van der Waals surface area (Å²) in [5.41, 5.74) is 3.44. The van der Waals surface area contributed by atoms with Crippen LogP contribution in [0.2, 0.25) is 0 Å². The third-order valence-corrected chi connectivity index (χ3v) is 5.09. The van der Waals surface area contributed by atoms with Crippen molar-refractivity contribution in [3.63, 3.8) is 0 Å². The fraction of sp³-hybridized carbons (Fsp3) is 0.0476. The molecule has 2 amide bonds. The highest BCUT2D eigenvalue weighted by Crippen LogP contribution is 2.40. The van der Waals surface area contributed by atoms with Crippen LogP contribution in [0.3, 0.4) is 0 Å². The van der Waals surface area contributed by atoms with Crippen molar-refractivity contribution in [1.29, 1.82) is 0 Å². The smallest absolute Gasteiger partial charge is 0.286 e. The van der Waals surface area contributed by atoms with Gasteiger partial charge >= 0.3 is 0 Å². The van der Waals surface area contributed by atoms with Crippen molar-refractivity contribution in [3.05, 3.63) is 72.1 Å². The van der Waals surface area contributed by atoms with Crippen molar-refractivity contribution in [3.8, 4) is 0 Å². The molecule has 0 aliphatic carbocycles. The van der Waals surface area contributed by atoms with Crippen LogP contribution in [0.15, 0.2) is 60.9 Å². The number of hydrogen-bond donors (Lipinski definition) is 2. The molecule has 0 spiro atoms. The Morgan fingerprint density at radius 3 is 2.26 bits per heavy atom. The molecule has 0 unspecified atom stereocenters. The molecule has 6 heteroatoms. The van der Waals surface area contributed by atoms with Crippen molar-refractivity contribution >= 4 is 44.8 Å². The zero-order valence-corrected chi connectivity index (χ0v) is 14.4. The lowest BCUT2D eigenvalue weighted by molar-refractivity contribution is -0.168. The quantitative estimate of drug-likeness (QED) is 0.427. The molecule has 6 nitrogen and oxygen atoms in total. The molecule has 27 heavy (non-hydrogen) atoms. The number of amides is 2. The Labute approximate surface area is 153 Å². The van der Waals surface area contributed by atoms with Gasteiger partial charge in [0.15, 0.2) is 0 Å². The zero-order chi connectivity index (χ0) is 18.7. The summed E-state index contributed by atoms with van der Waals surface area (Å²) in [6.07, 6.45) is 3.52. The molecule has 1 aliphatic heterocycles. The maximum Gasteiger partial charge on any atom is 0.286 e. The van der Waals surface area contributed by atoms with E-state index in [4.69, 9.17) is 0 Å². The Hall–Kier alpha value is -3.64. The van der Waals surface area contributed by atoms with E-state index in [1.54, 1.807) is 6.20 Å². The second-order valence-electron chi connectivity index (χ2n) is 6.59. The molecule has 0 saturated heterocycles. The first-order chi connectivity index (χ1) is 13.1. The van der Waals surface area contributed by atoms with Crippen LogP contribution in [0.1, 0.15) is 11.1 Å². The van der Waals surface area contributed by atoms with Gasteiger partial charge in [-0.25, -0.2) is 0 Å². The number of nitrogens with one attached hydrogen (secondary N) is 1. The maximum atomic E-state index is 12.8. The Balaban J connectivity index is 1.88. The van der Waals surface area contributed by atoms with Gasteiger partial charge < -0.3 is 9.55 Å². The SMILES string of the molecule is Cn1cc(C2=C(c3c[nH]c4ccccc34)C(=O)N(O)C2=O)c2ccccc21. The number of carbonyl (C=O) groups is 2. The third-order valence-electron chi connectivity index (χ3n) is 5.09. The number of aromatic amines is 1. The van der Waals surface area contributed by atoms with Gasteiger partial charge in [-0.1, -0.05) is 36.4 Å². The average molecular weight is 357 g/mol. The molecule has 4 aromatic rings. The Morgan fingerprint density at radius 2 is 1.48 bits per heavy atom. The number of nitrogens with zero attached hydrogens (tertiary/aromatic N) is 2. The van der Waals surface area contributed by atoms with E-state index in [2.05, 4.69) is 4.98 Å². The summed E-state index contributed by atoms with van der Waals surface area (Å²) in [5, 5.41) is 12.0. The van der Waals surface area contributed by atoms with E-state index in [-0.39, 0.29) is 16.2 Å². The van der Waals surface area contributed by atoms with Gasteiger partial charge in [0.2, 0.25) is 0 Å². The summed E-state index contributed by atoms with van der Waals surface area (Å²) in [4.78, 5) is 28.7. The second kappa shape index (κ2) is 5.43. The molecule has 132 valence electrons. The number of hydroxylamine groups is 2. The average Bonchev–Trinajstić information content (AvgIpc) is 3.32. The molecule has 0 radical (unpaired) electrons. The van der Waals surface area contributed by atoms with Gasteiger partial charge in [0.05, 0.1) is 11.1 Å². The van der Waals surface area contributed by atoms with Crippen molar-refractivity contribution < 1.29 is 14.8 Å². The Bertz CT molecular complexity index is 1290. The number of benzene rings is 2. The molecule has 5 rings (SSSR count). The van der Waals surface area contributed by atoms with E-state index >= 15 is 0 Å². The molecule has 2 aromatic heterocycles. The first-order valence-corrected chi connectivity index (χ1v) is 8.51. The molecule has 1 aliphatic rings. The van der Waals surface area contributed by atoms with Crippen molar-refractivity contribution in [2.24, 2.45) is 7.05 Å². The van der Waals surface area contributed by atoms with Crippen LogP contribution in [-0.2, 0) is 16.6 Å². The second-order valence-corrected chi connectivity index (χ2v) is 6.59. The normalized spacial score (nSPS) is 15.0. The van der Waals surface area contributed by atoms with Crippen molar-refractivity contribution in [1.82, 2.24) is 14.6 Å². The maximum absolute atomic E-state index is 12.8. The summed E-state index contributed by atoms with van der Waals surface area (Å²) in [7, 11) is 1.88. The third kappa shape index (κ3) is 2.04. The minimum Gasteiger partial charge on any atom is -0.361 e. The number of aromatic nitrogens is 2. The molecule has 2 N–H and O–H groups in total. The molecular weight excluding hydrogens is 342 g/mol. The molecule has 0 fully saturated rings. The van der Waals surface area contributed by atoms with E-state index in [1.807, 2.05) is 66.3 Å². The number of H-pyrrole nitrogens is 1. The van der Waals surface area contributed by atoms with Crippen LogP contribution in [0, 0.1) is 0 Å². The van der Waals surface area contributed by atoms with Crippen LogP contribution in [-0.4, -0.2) is 31.6 Å². The molecule has 0 atom stereocenters. The van der Waals surface area contributed by atoms with Crippen LogP contribution < -0.4 is 0 Å². The minimum atomic E-state index is -0.715. The number of carbonyl (C=O) groups excluding carboxylic acids is 2. The van der Waals surface area contributed by atoms with Gasteiger partial charge in [0.1, 0.15) is 0 Å². The number of imide groups is 1. The van der Waals surface area contributed by atoms with Gasteiger partial charge in [-0.15, -0.1) is 5.06 Å². The van der Waals surface area contributed by atoms with Gasteiger partial charge in [0, 0.05) is 52.4 Å². The predicted molar refractivity (Wildman–Crippen MR) is 102 cm³/mol. The molecule has 3 heterocycles. The standard InChI is InChI=1S/C21H15N3O3/c1-23-11-15(13-7-3-5-9-17(13)23)19-18(20(25)24(27)21(19)26)14-10-22-16-8-4-2-6-12(14)16/h2-11,22,27H,1H3. The summed E-state index contributed by atoms with van der Waals surface area (Å²) in [5.74, 6) is -1.43. The Kier molecular flexibility index (Phi) is 3.14. The summed E-state index contributed by atoms with van der Waals surface area (Å²) < 4.78 is 1.91. The highest BCUT2D eigenvalue weighted by Gasteiger charge is 2.41. The number of hydrogen-bond acceptors (Lipinski definition) is 3. The van der Waals surface area contributed by atoms with Crippen molar-refractivity contribution in [2.45, 2.75) is 0 Å². The number of rotatable bonds is 2. The van der Waals surface area contributed by atoms with E-state index in [0.717, 1.165) is 21.8 Å². The molecular formula is C21H15N3O3. The summed E-state index contributed by atoms with van der Waals surface area (Å²) >= 11 is 0. The first-order valence-electron chi connectivity index (χ1n) is 8.51. The lowest BCUT2D eigenvalue weighted by Crippen LogP contribution is -2.27. The molecule has 2 aromatic carbocycles. The minimum absolute atomic E-state index is 0.203. The largest absolute Gasteiger partial charge is 0.361 e. The monoisotopic (exact) mass is 357 g/mol. The van der Waals surface area contributed by atoms with Gasteiger partial charge in [-0.3, -0.25) is 14.8 Å². The number of aryl methyl sites for hydroxylation is 1. The Morgan fingerprint density at radius 1 is 0.852 bits per heavy atom. The highest BCUT2D eigenvalue weighted by molar-refractivity contribution is 6.50. The fourth-order valence-corrected chi connectivity index (χ4v) is 3.84. The lowest BCUT2D eigenvalue weighted by atomic mass is 9.95. The summed E-state index contributed by atoms with van der Waals surface area (Å²) in [6, 6.07) is 15.2. The van der Waals surface area contributed by atoms with Gasteiger partial charge in [0.25, 0.3) is 11.8 Å². The molecule has 0 bridgehead atoms. The topological polar surface area (TPSA) is 78.3 Å². The number of para-hydroxylation sites is 2. The number of fused-ring (bicyclic) bond motifs is 2. The lowest BCUT2D eigenvalue weighted by Gasteiger charge is -2.03. The van der Waals surface area contributed by atoms with Crippen LogP contribution in [0.25, 0.3) is 33.0 Å². The van der Waals surface area contributed by atoms with Crippen molar-refractivity contribution in [2.75, 3.05) is 0 Å². The molecule has 0 saturated carbocycles.